The average molecular weight is 296 g/mol. The first-order valence-corrected chi connectivity index (χ1v) is 6.82. The van der Waals surface area contributed by atoms with E-state index < -0.39 is 0 Å². The normalized spacial score (nSPS) is 11.5. The van der Waals surface area contributed by atoms with Crippen molar-refractivity contribution in [3.05, 3.63) is 40.5 Å². The van der Waals surface area contributed by atoms with Crippen LogP contribution in [0.25, 0.3) is 22.6 Å². The van der Waals surface area contributed by atoms with Gasteiger partial charge in [0.1, 0.15) is 12.2 Å². The molecule has 9 heteroatoms. The number of aromatic nitrogens is 8. The fraction of sp³-hybridized carbons (Fsp3) is 0.231. The van der Waals surface area contributed by atoms with Crippen LogP contribution in [-0.4, -0.2) is 39.3 Å². The highest BCUT2D eigenvalue weighted by Crippen LogP contribution is 2.14. The summed E-state index contributed by atoms with van der Waals surface area (Å²) in [7, 11) is 0. The Morgan fingerprint density at radius 1 is 1.32 bits per heavy atom. The molecule has 4 rings (SSSR count). The minimum atomic E-state index is -0.235. The van der Waals surface area contributed by atoms with Gasteiger partial charge in [0.15, 0.2) is 0 Å². The molecule has 4 aromatic rings. The Morgan fingerprint density at radius 2 is 2.18 bits per heavy atom. The number of fused-ring (bicyclic) bond motifs is 3. The van der Waals surface area contributed by atoms with Crippen molar-refractivity contribution < 1.29 is 0 Å². The third kappa shape index (κ3) is 1.65. The minimum Gasteiger partial charge on any atom is -0.268 e. The summed E-state index contributed by atoms with van der Waals surface area (Å²) in [5.74, 6) is 1.51. The van der Waals surface area contributed by atoms with E-state index in [9.17, 15) is 4.79 Å². The number of hydrogen-bond acceptors (Lipinski definition) is 6. The molecule has 0 unspecified atom stereocenters. The Hall–Kier alpha value is -3.10. The number of nitrogens with zero attached hydrogens (tertiary/aromatic N) is 7. The first kappa shape index (κ1) is 12.6. The lowest BCUT2D eigenvalue weighted by Crippen LogP contribution is -2.21. The zero-order chi connectivity index (χ0) is 15.3. The molecule has 9 nitrogen and oxygen atoms in total. The van der Waals surface area contributed by atoms with E-state index in [2.05, 4.69) is 30.2 Å². The fourth-order valence-electron chi connectivity index (χ4n) is 2.44. The lowest BCUT2D eigenvalue weighted by Gasteiger charge is -2.06. The highest BCUT2D eigenvalue weighted by atomic mass is 16.1. The highest BCUT2D eigenvalue weighted by molar-refractivity contribution is 5.81. The number of hydrogen-bond donors (Lipinski definition) is 1. The van der Waals surface area contributed by atoms with E-state index in [1.54, 1.807) is 23.7 Å². The topological polar surface area (TPSA) is 107 Å². The Morgan fingerprint density at radius 3 is 2.95 bits per heavy atom. The van der Waals surface area contributed by atoms with Crippen LogP contribution in [0.15, 0.2) is 23.4 Å². The van der Waals surface area contributed by atoms with Crippen LogP contribution in [0, 0.1) is 6.92 Å². The van der Waals surface area contributed by atoms with Gasteiger partial charge < -0.3 is 0 Å². The van der Waals surface area contributed by atoms with Gasteiger partial charge >= 0.3 is 0 Å². The maximum absolute atomic E-state index is 12.8. The number of pyridine rings is 1. The first-order chi connectivity index (χ1) is 10.7. The average Bonchev–Trinajstić information content (AvgIpc) is 3.15. The molecule has 0 aliphatic heterocycles. The number of aromatic amines is 1. The summed E-state index contributed by atoms with van der Waals surface area (Å²) in [6, 6.07) is 1.79. The van der Waals surface area contributed by atoms with E-state index in [0.717, 1.165) is 12.2 Å². The van der Waals surface area contributed by atoms with Crippen molar-refractivity contribution in [1.29, 1.82) is 0 Å². The van der Waals surface area contributed by atoms with Gasteiger partial charge in [-0.2, -0.15) is 19.6 Å². The molecule has 0 saturated heterocycles. The molecule has 110 valence electrons. The standard InChI is InChI=1S/C13H12N8O/c1-3-9-17-13(19-18-9)20-5-4-8-10(11(20)22)7(2)16-12-14-6-15-21(8)12/h4-6H,3H2,1-2H3,(H,17,18,19). The maximum atomic E-state index is 12.8. The lowest BCUT2D eigenvalue weighted by atomic mass is 10.2. The first-order valence-electron chi connectivity index (χ1n) is 6.82. The van der Waals surface area contributed by atoms with Crippen molar-refractivity contribution in [2.24, 2.45) is 0 Å². The van der Waals surface area contributed by atoms with Crippen molar-refractivity contribution >= 4 is 16.7 Å². The van der Waals surface area contributed by atoms with Crippen molar-refractivity contribution in [1.82, 2.24) is 39.3 Å². The van der Waals surface area contributed by atoms with Gasteiger partial charge in [-0.05, 0) is 13.0 Å². The zero-order valence-electron chi connectivity index (χ0n) is 12.0. The molecule has 0 aliphatic carbocycles. The molecule has 4 heterocycles. The minimum absolute atomic E-state index is 0.235. The summed E-state index contributed by atoms with van der Waals surface area (Å²) in [4.78, 5) is 25.4. The smallest absolute Gasteiger partial charge is 0.268 e. The van der Waals surface area contributed by atoms with Crippen molar-refractivity contribution in [2.75, 3.05) is 0 Å². The van der Waals surface area contributed by atoms with Crippen LogP contribution in [0.1, 0.15) is 18.4 Å². The molecular weight excluding hydrogens is 284 g/mol. The molecule has 0 aliphatic rings. The molecule has 0 fully saturated rings. The molecule has 0 atom stereocenters. The van der Waals surface area contributed by atoms with Crippen LogP contribution in [0.4, 0.5) is 0 Å². The van der Waals surface area contributed by atoms with Crippen molar-refractivity contribution in [3.63, 3.8) is 0 Å². The molecule has 0 saturated carbocycles. The largest absolute Gasteiger partial charge is 0.268 e. The molecule has 22 heavy (non-hydrogen) atoms. The Labute approximate surface area is 123 Å². The van der Waals surface area contributed by atoms with Gasteiger partial charge in [-0.15, -0.1) is 5.10 Å². The van der Waals surface area contributed by atoms with Crippen LogP contribution in [0.2, 0.25) is 0 Å². The van der Waals surface area contributed by atoms with E-state index in [4.69, 9.17) is 0 Å². The van der Waals surface area contributed by atoms with E-state index in [1.807, 2.05) is 6.92 Å². The van der Waals surface area contributed by atoms with Crippen LogP contribution >= 0.6 is 0 Å². The summed E-state index contributed by atoms with van der Waals surface area (Å²) in [6.07, 6.45) is 3.76. The molecule has 0 bridgehead atoms. The van der Waals surface area contributed by atoms with Gasteiger partial charge in [0, 0.05) is 12.6 Å². The van der Waals surface area contributed by atoms with Crippen LogP contribution in [0.3, 0.4) is 0 Å². The molecule has 4 aromatic heterocycles. The summed E-state index contributed by atoms with van der Waals surface area (Å²) < 4.78 is 2.94. The summed E-state index contributed by atoms with van der Waals surface area (Å²) in [6.45, 7) is 3.74. The van der Waals surface area contributed by atoms with Gasteiger partial charge in [-0.25, -0.2) is 9.55 Å². The Bertz CT molecular complexity index is 1060. The van der Waals surface area contributed by atoms with Gasteiger partial charge in [-0.1, -0.05) is 6.92 Å². The van der Waals surface area contributed by atoms with Gasteiger partial charge in [0.2, 0.25) is 0 Å². The predicted molar refractivity (Wildman–Crippen MR) is 77.9 cm³/mol. The molecule has 0 spiro atoms. The summed E-state index contributed by atoms with van der Waals surface area (Å²) in [5, 5.41) is 11.5. The van der Waals surface area contributed by atoms with Crippen LogP contribution < -0.4 is 5.56 Å². The number of rotatable bonds is 2. The van der Waals surface area contributed by atoms with E-state index in [1.165, 1.54) is 10.9 Å². The van der Waals surface area contributed by atoms with Gasteiger partial charge in [-0.3, -0.25) is 9.89 Å². The lowest BCUT2D eigenvalue weighted by molar-refractivity contribution is 0.891. The highest BCUT2D eigenvalue weighted by Gasteiger charge is 2.14. The summed E-state index contributed by atoms with van der Waals surface area (Å²) >= 11 is 0. The second kappa shape index (κ2) is 4.45. The van der Waals surface area contributed by atoms with Crippen LogP contribution in [0.5, 0.6) is 0 Å². The second-order valence-corrected chi connectivity index (χ2v) is 4.86. The van der Waals surface area contributed by atoms with E-state index in [-0.39, 0.29) is 5.56 Å². The van der Waals surface area contributed by atoms with Gasteiger partial charge in [0.05, 0.1) is 16.6 Å². The number of nitrogens with one attached hydrogen (secondary N) is 1. The number of H-pyrrole nitrogens is 1. The summed E-state index contributed by atoms with van der Waals surface area (Å²) in [5.41, 5.74) is 1.02. The maximum Gasteiger partial charge on any atom is 0.268 e. The quantitative estimate of drug-likeness (QED) is 0.574. The zero-order valence-corrected chi connectivity index (χ0v) is 12.0. The molecule has 0 radical (unpaired) electrons. The third-order valence-electron chi connectivity index (χ3n) is 3.53. The van der Waals surface area contributed by atoms with E-state index >= 15 is 0 Å². The molecule has 0 aromatic carbocycles. The third-order valence-corrected chi connectivity index (χ3v) is 3.53. The monoisotopic (exact) mass is 296 g/mol. The Kier molecular flexibility index (Phi) is 2.55. The second-order valence-electron chi connectivity index (χ2n) is 4.86. The van der Waals surface area contributed by atoms with Gasteiger partial charge in [0.25, 0.3) is 17.3 Å². The van der Waals surface area contributed by atoms with Crippen molar-refractivity contribution in [2.45, 2.75) is 20.3 Å². The van der Waals surface area contributed by atoms with E-state index in [0.29, 0.717) is 28.3 Å². The molecule has 1 N–H and O–H groups in total. The molecule has 0 amide bonds. The van der Waals surface area contributed by atoms with Crippen molar-refractivity contribution in [3.8, 4) is 5.95 Å². The number of aryl methyl sites for hydroxylation is 2. The predicted octanol–water partition coefficient (Wildman–Crippen LogP) is 0.417. The fourth-order valence-corrected chi connectivity index (χ4v) is 2.44. The SMILES string of the molecule is CCc1nc(-n2ccc3c(c(C)nc4ncnn43)c2=O)n[nH]1. The Balaban J connectivity index is 2.07. The molecular formula is C13H12N8O. The van der Waals surface area contributed by atoms with Crippen LogP contribution in [-0.2, 0) is 6.42 Å².